The molecule has 2 aromatic rings. The maximum Gasteiger partial charge on any atom is 0.0947 e. The van der Waals surface area contributed by atoms with Crippen LogP contribution in [0.2, 0.25) is 0 Å². The average Bonchev–Trinajstić information content (AvgIpc) is 2.41. The molecule has 1 saturated carbocycles. The minimum Gasteiger partial charge on any atom is -0.385 e. The van der Waals surface area contributed by atoms with E-state index in [0.29, 0.717) is 0 Å². The van der Waals surface area contributed by atoms with E-state index in [1.165, 1.54) is 6.42 Å². The molecule has 1 aliphatic rings. The van der Waals surface area contributed by atoms with Gasteiger partial charge in [-0.3, -0.25) is 4.98 Å². The molecular weight excluding hydrogens is 234 g/mol. The van der Waals surface area contributed by atoms with E-state index < -0.39 is 5.60 Å². The molecule has 0 bridgehead atoms. The molecule has 2 nitrogen and oxygen atoms in total. The summed E-state index contributed by atoms with van der Waals surface area (Å²) in [6.07, 6.45) is 6.03. The Morgan fingerprint density at radius 2 is 1.89 bits per heavy atom. The van der Waals surface area contributed by atoms with Crippen molar-refractivity contribution in [2.24, 2.45) is 5.41 Å². The number of benzene rings is 1. The first-order valence-corrected chi connectivity index (χ1v) is 7.11. The minimum absolute atomic E-state index is 0.0757. The van der Waals surface area contributed by atoms with Crippen LogP contribution in [0, 0.1) is 5.41 Å². The van der Waals surface area contributed by atoms with Gasteiger partial charge in [-0.15, -0.1) is 0 Å². The highest BCUT2D eigenvalue weighted by Gasteiger charge is 2.46. The van der Waals surface area contributed by atoms with Gasteiger partial charge in [-0.2, -0.15) is 0 Å². The van der Waals surface area contributed by atoms with E-state index in [2.05, 4.69) is 43.1 Å². The van der Waals surface area contributed by atoms with Crippen LogP contribution in [-0.4, -0.2) is 10.1 Å². The van der Waals surface area contributed by atoms with Crippen LogP contribution in [0.3, 0.4) is 0 Å². The minimum atomic E-state index is -0.725. The molecule has 1 unspecified atom stereocenters. The van der Waals surface area contributed by atoms with Gasteiger partial charge in [-0.05, 0) is 36.0 Å². The van der Waals surface area contributed by atoms with Crippen molar-refractivity contribution in [2.45, 2.75) is 45.1 Å². The van der Waals surface area contributed by atoms with E-state index in [4.69, 9.17) is 0 Å². The summed E-state index contributed by atoms with van der Waals surface area (Å²) in [5.74, 6) is 0. The highest BCUT2D eigenvalue weighted by Crippen LogP contribution is 2.50. The second-order valence-corrected chi connectivity index (χ2v) is 6.36. The van der Waals surface area contributed by atoms with Gasteiger partial charge in [-0.1, -0.05) is 44.9 Å². The van der Waals surface area contributed by atoms with Crippen molar-refractivity contribution in [3.63, 3.8) is 0 Å². The van der Waals surface area contributed by atoms with Gasteiger partial charge in [0.25, 0.3) is 0 Å². The molecule has 0 saturated heterocycles. The average molecular weight is 255 g/mol. The standard InChI is InChI=1S/C17H21NO/c1-16(2)9-3-4-10-17(16,19)14-8-7-13-6-5-11-18-15(13)12-14/h5-8,11-12,19H,3-4,9-10H2,1-2H3. The Morgan fingerprint density at radius 1 is 1.11 bits per heavy atom. The normalized spacial score (nSPS) is 26.5. The first-order chi connectivity index (χ1) is 9.03. The van der Waals surface area contributed by atoms with Crippen LogP contribution in [-0.2, 0) is 5.60 Å². The van der Waals surface area contributed by atoms with Crippen molar-refractivity contribution in [3.05, 3.63) is 42.1 Å². The van der Waals surface area contributed by atoms with E-state index >= 15 is 0 Å². The molecule has 1 aromatic carbocycles. The molecule has 0 radical (unpaired) electrons. The summed E-state index contributed by atoms with van der Waals surface area (Å²) in [4.78, 5) is 4.40. The number of aromatic nitrogens is 1. The number of hydrogen-bond donors (Lipinski definition) is 1. The SMILES string of the molecule is CC1(C)CCCCC1(O)c1ccc2cccnc2c1. The second kappa shape index (κ2) is 4.31. The molecule has 1 heterocycles. The Morgan fingerprint density at radius 3 is 2.68 bits per heavy atom. The first-order valence-electron chi connectivity index (χ1n) is 7.11. The fourth-order valence-electron chi connectivity index (χ4n) is 3.35. The van der Waals surface area contributed by atoms with Crippen molar-refractivity contribution < 1.29 is 5.11 Å². The summed E-state index contributed by atoms with van der Waals surface area (Å²) in [6.45, 7) is 4.35. The van der Waals surface area contributed by atoms with Crippen molar-refractivity contribution >= 4 is 10.9 Å². The highest BCUT2D eigenvalue weighted by molar-refractivity contribution is 5.79. The van der Waals surface area contributed by atoms with Gasteiger partial charge in [0.15, 0.2) is 0 Å². The molecule has 100 valence electrons. The van der Waals surface area contributed by atoms with E-state index in [1.54, 1.807) is 0 Å². The molecule has 19 heavy (non-hydrogen) atoms. The van der Waals surface area contributed by atoms with Crippen LogP contribution in [0.5, 0.6) is 0 Å². The number of aliphatic hydroxyl groups is 1. The Bertz CT molecular complexity index is 605. The van der Waals surface area contributed by atoms with Crippen molar-refractivity contribution in [1.82, 2.24) is 4.98 Å². The van der Waals surface area contributed by atoms with E-state index in [1.807, 2.05) is 12.3 Å². The zero-order valence-electron chi connectivity index (χ0n) is 11.7. The summed E-state index contributed by atoms with van der Waals surface area (Å²) in [6, 6.07) is 10.2. The fraction of sp³-hybridized carbons (Fsp3) is 0.471. The third kappa shape index (κ3) is 1.95. The van der Waals surface area contributed by atoms with Crippen molar-refractivity contribution in [3.8, 4) is 0 Å². The van der Waals surface area contributed by atoms with Gasteiger partial charge in [0, 0.05) is 11.6 Å². The lowest BCUT2D eigenvalue weighted by atomic mass is 9.62. The molecule has 1 atom stereocenters. The van der Waals surface area contributed by atoms with E-state index in [9.17, 15) is 5.11 Å². The maximum absolute atomic E-state index is 11.2. The molecule has 1 aromatic heterocycles. The lowest BCUT2D eigenvalue weighted by Crippen LogP contribution is -2.44. The quantitative estimate of drug-likeness (QED) is 0.834. The highest BCUT2D eigenvalue weighted by atomic mass is 16.3. The van der Waals surface area contributed by atoms with Crippen LogP contribution in [0.4, 0.5) is 0 Å². The number of pyridine rings is 1. The van der Waals surface area contributed by atoms with Gasteiger partial charge >= 0.3 is 0 Å². The Kier molecular flexibility index (Phi) is 2.86. The summed E-state index contributed by atoms with van der Waals surface area (Å²) in [7, 11) is 0. The summed E-state index contributed by atoms with van der Waals surface area (Å²) >= 11 is 0. The van der Waals surface area contributed by atoms with E-state index in [-0.39, 0.29) is 5.41 Å². The number of nitrogens with zero attached hydrogens (tertiary/aromatic N) is 1. The first kappa shape index (κ1) is 12.6. The Labute approximate surface area is 114 Å². The van der Waals surface area contributed by atoms with Crippen LogP contribution in [0.1, 0.15) is 45.1 Å². The molecule has 3 rings (SSSR count). The summed E-state index contributed by atoms with van der Waals surface area (Å²) in [5.41, 5.74) is 1.18. The van der Waals surface area contributed by atoms with Crippen LogP contribution < -0.4 is 0 Å². The van der Waals surface area contributed by atoms with Gasteiger partial charge < -0.3 is 5.11 Å². The molecule has 0 amide bonds. The van der Waals surface area contributed by atoms with Gasteiger partial charge in [0.05, 0.1) is 11.1 Å². The Balaban J connectivity index is 2.12. The van der Waals surface area contributed by atoms with Gasteiger partial charge in [0.2, 0.25) is 0 Å². The topological polar surface area (TPSA) is 33.1 Å². The zero-order chi connectivity index (χ0) is 13.5. The molecule has 0 aliphatic heterocycles. The number of hydrogen-bond acceptors (Lipinski definition) is 2. The van der Waals surface area contributed by atoms with Crippen LogP contribution in [0.15, 0.2) is 36.5 Å². The van der Waals surface area contributed by atoms with Crippen molar-refractivity contribution in [2.75, 3.05) is 0 Å². The smallest absolute Gasteiger partial charge is 0.0947 e. The van der Waals surface area contributed by atoms with Crippen LogP contribution in [0.25, 0.3) is 10.9 Å². The number of fused-ring (bicyclic) bond motifs is 1. The monoisotopic (exact) mass is 255 g/mol. The summed E-state index contributed by atoms with van der Waals surface area (Å²) < 4.78 is 0. The van der Waals surface area contributed by atoms with E-state index in [0.717, 1.165) is 35.7 Å². The molecule has 0 spiro atoms. The lowest BCUT2D eigenvalue weighted by Gasteiger charge is -2.47. The number of rotatable bonds is 1. The predicted octanol–water partition coefficient (Wildman–Crippen LogP) is 4.02. The second-order valence-electron chi connectivity index (χ2n) is 6.36. The van der Waals surface area contributed by atoms with Gasteiger partial charge in [-0.25, -0.2) is 0 Å². The molecular formula is C17H21NO. The third-order valence-electron chi connectivity index (χ3n) is 4.79. The predicted molar refractivity (Wildman–Crippen MR) is 77.9 cm³/mol. The maximum atomic E-state index is 11.2. The lowest BCUT2D eigenvalue weighted by molar-refractivity contribution is -0.103. The Hall–Kier alpha value is -1.41. The fourth-order valence-corrected chi connectivity index (χ4v) is 3.35. The molecule has 1 fully saturated rings. The molecule has 1 aliphatic carbocycles. The molecule has 1 N–H and O–H groups in total. The van der Waals surface area contributed by atoms with Crippen molar-refractivity contribution in [1.29, 1.82) is 0 Å². The third-order valence-corrected chi connectivity index (χ3v) is 4.79. The largest absolute Gasteiger partial charge is 0.385 e. The van der Waals surface area contributed by atoms with Crippen LogP contribution >= 0.6 is 0 Å². The summed E-state index contributed by atoms with van der Waals surface area (Å²) in [5, 5.41) is 12.3. The van der Waals surface area contributed by atoms with Gasteiger partial charge in [0.1, 0.15) is 0 Å². The zero-order valence-corrected chi connectivity index (χ0v) is 11.7. The molecule has 2 heteroatoms.